The Morgan fingerprint density at radius 1 is 1.10 bits per heavy atom. The first kappa shape index (κ1) is 22.9. The van der Waals surface area contributed by atoms with Crippen LogP contribution in [0.2, 0.25) is 0 Å². The van der Waals surface area contributed by atoms with Gasteiger partial charge in [-0.25, -0.2) is 9.18 Å². The maximum Gasteiger partial charge on any atom is 0.337 e. The molecule has 1 fully saturated rings. The number of hydrogen-bond acceptors (Lipinski definition) is 4. The van der Waals surface area contributed by atoms with Crippen LogP contribution in [0.5, 0.6) is 5.75 Å². The standard InChI is InChI=1S/C22H25FO4.C2H6/c1-13-12-27-20(22(13,2)3)18-10-14(21(24)26-5)6-8-16(18)17-11-15(25-4)7-9-19(17)23;1-2/h6-11,13,20H,12H2,1-5H3;1-2H3. The second-order valence-corrected chi connectivity index (χ2v) is 7.58. The van der Waals surface area contributed by atoms with Crippen LogP contribution in [0, 0.1) is 17.2 Å². The minimum atomic E-state index is -0.433. The third-order valence-electron chi connectivity index (χ3n) is 5.68. The molecule has 2 atom stereocenters. The lowest BCUT2D eigenvalue weighted by molar-refractivity contribution is 0.0589. The highest BCUT2D eigenvalue weighted by Gasteiger charge is 2.43. The van der Waals surface area contributed by atoms with Gasteiger partial charge >= 0.3 is 5.97 Å². The molecule has 0 radical (unpaired) electrons. The lowest BCUT2D eigenvalue weighted by Gasteiger charge is -2.31. The van der Waals surface area contributed by atoms with Crippen molar-refractivity contribution >= 4 is 5.97 Å². The van der Waals surface area contributed by atoms with E-state index in [1.807, 2.05) is 13.8 Å². The monoisotopic (exact) mass is 402 g/mol. The molecule has 29 heavy (non-hydrogen) atoms. The molecular formula is C24H31FO4. The largest absolute Gasteiger partial charge is 0.497 e. The van der Waals surface area contributed by atoms with E-state index in [0.717, 1.165) is 5.56 Å². The fourth-order valence-electron chi connectivity index (χ4n) is 3.53. The van der Waals surface area contributed by atoms with Crippen molar-refractivity contribution in [1.82, 2.24) is 0 Å². The molecule has 1 heterocycles. The Bertz CT molecular complexity index is 860. The van der Waals surface area contributed by atoms with Crippen LogP contribution >= 0.6 is 0 Å². The van der Waals surface area contributed by atoms with Gasteiger partial charge in [0, 0.05) is 5.56 Å². The van der Waals surface area contributed by atoms with Crippen LogP contribution < -0.4 is 4.74 Å². The second kappa shape index (κ2) is 9.40. The average molecular weight is 403 g/mol. The van der Waals surface area contributed by atoms with Gasteiger partial charge in [0.25, 0.3) is 0 Å². The van der Waals surface area contributed by atoms with Crippen LogP contribution in [0.4, 0.5) is 4.39 Å². The summed E-state index contributed by atoms with van der Waals surface area (Å²) in [5.41, 5.74) is 2.13. The molecule has 1 aliphatic heterocycles. The van der Waals surface area contributed by atoms with Crippen molar-refractivity contribution in [2.24, 2.45) is 11.3 Å². The number of carbonyl (C=O) groups excluding carboxylic acids is 1. The van der Waals surface area contributed by atoms with E-state index >= 15 is 0 Å². The molecule has 5 heteroatoms. The molecule has 0 saturated carbocycles. The Hall–Kier alpha value is -2.40. The second-order valence-electron chi connectivity index (χ2n) is 7.58. The molecular weight excluding hydrogens is 371 g/mol. The van der Waals surface area contributed by atoms with Crippen LogP contribution in [-0.2, 0) is 9.47 Å². The van der Waals surface area contributed by atoms with E-state index in [1.54, 1.807) is 37.4 Å². The van der Waals surface area contributed by atoms with Crippen molar-refractivity contribution in [3.05, 3.63) is 53.3 Å². The van der Waals surface area contributed by atoms with E-state index in [4.69, 9.17) is 14.2 Å². The highest BCUT2D eigenvalue weighted by molar-refractivity contribution is 5.90. The van der Waals surface area contributed by atoms with Crippen molar-refractivity contribution in [3.8, 4) is 16.9 Å². The summed E-state index contributed by atoms with van der Waals surface area (Å²) < 4.78 is 30.9. The summed E-state index contributed by atoms with van der Waals surface area (Å²) in [6.07, 6.45) is -0.266. The number of hydrogen-bond donors (Lipinski definition) is 0. The Morgan fingerprint density at radius 2 is 1.79 bits per heavy atom. The lowest BCUT2D eigenvalue weighted by Crippen LogP contribution is -2.23. The summed E-state index contributed by atoms with van der Waals surface area (Å²) in [4.78, 5) is 12.1. The molecule has 0 spiro atoms. The van der Waals surface area contributed by atoms with Crippen LogP contribution in [0.25, 0.3) is 11.1 Å². The molecule has 0 bridgehead atoms. The Balaban J connectivity index is 0.00000145. The van der Waals surface area contributed by atoms with Crippen LogP contribution in [0.1, 0.15) is 56.6 Å². The first-order valence-electron chi connectivity index (χ1n) is 9.97. The zero-order valence-electron chi connectivity index (χ0n) is 18.3. The maximum absolute atomic E-state index is 14.7. The Morgan fingerprint density at radius 3 is 2.34 bits per heavy atom. The zero-order chi connectivity index (χ0) is 21.8. The molecule has 1 aliphatic rings. The Labute approximate surface area is 173 Å². The molecule has 0 N–H and O–H groups in total. The van der Waals surface area contributed by atoms with Gasteiger partial charge in [-0.3, -0.25) is 0 Å². The molecule has 2 aromatic rings. The summed E-state index contributed by atoms with van der Waals surface area (Å²) in [7, 11) is 2.89. The lowest BCUT2D eigenvalue weighted by atomic mass is 9.74. The third-order valence-corrected chi connectivity index (χ3v) is 5.68. The van der Waals surface area contributed by atoms with E-state index in [2.05, 4.69) is 20.8 Å². The van der Waals surface area contributed by atoms with Gasteiger partial charge in [0.05, 0.1) is 32.5 Å². The summed E-state index contributed by atoms with van der Waals surface area (Å²) in [6, 6.07) is 9.79. The topological polar surface area (TPSA) is 44.8 Å². The predicted octanol–water partition coefficient (Wildman–Crippen LogP) is 6.05. The number of ether oxygens (including phenoxy) is 3. The van der Waals surface area contributed by atoms with E-state index in [9.17, 15) is 9.18 Å². The number of benzene rings is 2. The van der Waals surface area contributed by atoms with E-state index < -0.39 is 5.97 Å². The summed E-state index contributed by atoms with van der Waals surface area (Å²) in [5, 5.41) is 0. The number of esters is 1. The van der Waals surface area contributed by atoms with E-state index in [1.165, 1.54) is 13.2 Å². The molecule has 1 saturated heterocycles. The Kier molecular flexibility index (Phi) is 7.42. The van der Waals surface area contributed by atoms with Gasteiger partial charge < -0.3 is 14.2 Å². The molecule has 2 unspecified atom stereocenters. The molecule has 4 nitrogen and oxygen atoms in total. The molecule has 0 aromatic heterocycles. The van der Waals surface area contributed by atoms with Gasteiger partial charge in [0.15, 0.2) is 0 Å². The van der Waals surface area contributed by atoms with Crippen molar-refractivity contribution in [2.75, 3.05) is 20.8 Å². The SMILES string of the molecule is CC.COC(=O)c1ccc(-c2cc(OC)ccc2F)c(C2OCC(C)C2(C)C)c1. The van der Waals surface area contributed by atoms with Crippen LogP contribution in [0.3, 0.4) is 0 Å². The zero-order valence-corrected chi connectivity index (χ0v) is 18.3. The maximum atomic E-state index is 14.7. The summed E-state index contributed by atoms with van der Waals surface area (Å²) >= 11 is 0. The van der Waals surface area contributed by atoms with Crippen molar-refractivity contribution in [2.45, 2.75) is 40.7 Å². The van der Waals surface area contributed by atoms with Gasteiger partial charge in [-0.1, -0.05) is 40.7 Å². The first-order chi connectivity index (χ1) is 13.8. The fourth-order valence-corrected chi connectivity index (χ4v) is 3.53. The molecule has 3 rings (SSSR count). The van der Waals surface area contributed by atoms with Gasteiger partial charge in [-0.2, -0.15) is 0 Å². The molecule has 2 aromatic carbocycles. The average Bonchev–Trinajstić information content (AvgIpc) is 3.01. The third kappa shape index (κ3) is 4.45. The van der Waals surface area contributed by atoms with E-state index in [0.29, 0.717) is 35.0 Å². The number of rotatable bonds is 4. The molecule has 0 aliphatic carbocycles. The summed E-state index contributed by atoms with van der Waals surface area (Å²) in [5.74, 6) is 0.103. The smallest absolute Gasteiger partial charge is 0.337 e. The van der Waals surface area contributed by atoms with Crippen molar-refractivity contribution in [1.29, 1.82) is 0 Å². The van der Waals surface area contributed by atoms with Gasteiger partial charge in [0.1, 0.15) is 11.6 Å². The number of methoxy groups -OCH3 is 2. The number of carbonyl (C=O) groups is 1. The van der Waals surface area contributed by atoms with Crippen LogP contribution in [-0.4, -0.2) is 26.8 Å². The van der Waals surface area contributed by atoms with E-state index in [-0.39, 0.29) is 17.3 Å². The highest BCUT2D eigenvalue weighted by Crippen LogP contribution is 2.50. The fraction of sp³-hybridized carbons (Fsp3) is 0.458. The van der Waals surface area contributed by atoms with Crippen molar-refractivity contribution < 1.29 is 23.4 Å². The number of halogens is 1. The minimum absolute atomic E-state index is 0.168. The summed E-state index contributed by atoms with van der Waals surface area (Å²) in [6.45, 7) is 11.0. The van der Waals surface area contributed by atoms with Crippen molar-refractivity contribution in [3.63, 3.8) is 0 Å². The predicted molar refractivity (Wildman–Crippen MR) is 113 cm³/mol. The minimum Gasteiger partial charge on any atom is -0.497 e. The van der Waals surface area contributed by atoms with Crippen LogP contribution in [0.15, 0.2) is 36.4 Å². The molecule has 0 amide bonds. The highest BCUT2D eigenvalue weighted by atomic mass is 19.1. The first-order valence-corrected chi connectivity index (χ1v) is 9.97. The quantitative estimate of drug-likeness (QED) is 0.584. The molecule has 158 valence electrons. The van der Waals surface area contributed by atoms with Gasteiger partial charge in [0.2, 0.25) is 0 Å². The van der Waals surface area contributed by atoms with Gasteiger partial charge in [-0.05, 0) is 52.8 Å². The van der Waals surface area contributed by atoms with Gasteiger partial charge in [-0.15, -0.1) is 0 Å². The normalized spacial score (nSPS) is 19.9.